The minimum absolute atomic E-state index is 0.441. The molecule has 0 spiro atoms. The van der Waals surface area contributed by atoms with Crippen LogP contribution in [0.15, 0.2) is 12.3 Å². The van der Waals surface area contributed by atoms with Crippen LogP contribution >= 0.6 is 0 Å². The largest absolute Gasteiger partial charge is 0.389 e. The van der Waals surface area contributed by atoms with Crippen molar-refractivity contribution in [3.05, 3.63) is 23.4 Å². The topological polar surface area (TPSA) is 36.4 Å². The van der Waals surface area contributed by atoms with Crippen molar-refractivity contribution in [2.24, 2.45) is 0 Å². The average Bonchev–Trinajstić information content (AvgIpc) is 2.19. The molecule has 1 aromatic rings. The molecule has 0 aliphatic rings. The van der Waals surface area contributed by atoms with Crippen LogP contribution in [0.1, 0.15) is 38.0 Å². The monoisotopic (exact) mass is 208 g/mol. The molecule has 3 heteroatoms. The number of hydrogen-bond acceptors (Lipinski definition) is 3. The number of hydrogen-bond donors (Lipinski definition) is 1. The zero-order valence-electron chi connectivity index (χ0n) is 9.99. The first kappa shape index (κ1) is 12.0. The van der Waals surface area contributed by atoms with Crippen LogP contribution in [0, 0.1) is 6.92 Å². The Morgan fingerprint density at radius 1 is 1.40 bits per heavy atom. The fourth-order valence-corrected chi connectivity index (χ4v) is 1.71. The summed E-state index contributed by atoms with van der Waals surface area (Å²) >= 11 is 0. The molecular formula is C12H20N2O. The van der Waals surface area contributed by atoms with E-state index in [9.17, 15) is 5.11 Å². The zero-order valence-corrected chi connectivity index (χ0v) is 9.99. The van der Waals surface area contributed by atoms with Crippen LogP contribution in [0.5, 0.6) is 0 Å². The van der Waals surface area contributed by atoms with Crippen LogP contribution < -0.4 is 4.90 Å². The Morgan fingerprint density at radius 2 is 2.00 bits per heavy atom. The van der Waals surface area contributed by atoms with Crippen molar-refractivity contribution in [3.8, 4) is 0 Å². The molecule has 0 saturated carbocycles. The van der Waals surface area contributed by atoms with E-state index in [2.05, 4.69) is 23.7 Å². The molecular weight excluding hydrogens is 188 g/mol. The molecule has 0 aromatic carbocycles. The molecule has 0 bridgehead atoms. The van der Waals surface area contributed by atoms with Gasteiger partial charge in [0.25, 0.3) is 0 Å². The van der Waals surface area contributed by atoms with E-state index in [-0.39, 0.29) is 0 Å². The van der Waals surface area contributed by atoms with Crippen LogP contribution in [-0.4, -0.2) is 23.2 Å². The second kappa shape index (κ2) is 5.12. The van der Waals surface area contributed by atoms with Crippen molar-refractivity contribution in [1.82, 2.24) is 4.98 Å². The molecule has 0 unspecified atom stereocenters. The Hall–Kier alpha value is -1.09. The SMILES string of the molecule is CCN(CC)c1cc(C)c([C@H](C)O)cn1. The third-order valence-electron chi connectivity index (χ3n) is 2.67. The summed E-state index contributed by atoms with van der Waals surface area (Å²) in [6, 6.07) is 2.04. The summed E-state index contributed by atoms with van der Waals surface area (Å²) in [7, 11) is 0. The maximum Gasteiger partial charge on any atom is 0.128 e. The lowest BCUT2D eigenvalue weighted by molar-refractivity contribution is 0.198. The minimum atomic E-state index is -0.441. The van der Waals surface area contributed by atoms with Crippen LogP contribution in [-0.2, 0) is 0 Å². The van der Waals surface area contributed by atoms with Crippen LogP contribution in [0.4, 0.5) is 5.82 Å². The summed E-state index contributed by atoms with van der Waals surface area (Å²) in [4.78, 5) is 6.56. The van der Waals surface area contributed by atoms with Gasteiger partial charge in [0.15, 0.2) is 0 Å². The van der Waals surface area contributed by atoms with E-state index < -0.39 is 6.10 Å². The summed E-state index contributed by atoms with van der Waals surface area (Å²) < 4.78 is 0. The van der Waals surface area contributed by atoms with Crippen LogP contribution in [0.25, 0.3) is 0 Å². The smallest absolute Gasteiger partial charge is 0.128 e. The fraction of sp³-hybridized carbons (Fsp3) is 0.583. The van der Waals surface area contributed by atoms with Gasteiger partial charge < -0.3 is 10.0 Å². The van der Waals surface area contributed by atoms with Crippen molar-refractivity contribution in [2.75, 3.05) is 18.0 Å². The number of nitrogens with zero attached hydrogens (tertiary/aromatic N) is 2. The number of pyridine rings is 1. The zero-order chi connectivity index (χ0) is 11.4. The van der Waals surface area contributed by atoms with E-state index >= 15 is 0 Å². The lowest BCUT2D eigenvalue weighted by atomic mass is 10.1. The van der Waals surface area contributed by atoms with Gasteiger partial charge in [0.1, 0.15) is 5.82 Å². The van der Waals surface area contributed by atoms with Crippen molar-refractivity contribution in [2.45, 2.75) is 33.8 Å². The molecule has 0 fully saturated rings. The second-order valence-corrected chi connectivity index (χ2v) is 3.75. The maximum atomic E-state index is 9.49. The van der Waals surface area contributed by atoms with Gasteiger partial charge in [-0.1, -0.05) is 0 Å². The standard InChI is InChI=1S/C12H20N2O/c1-5-14(6-2)12-7-9(3)11(8-13-12)10(4)15/h7-8,10,15H,5-6H2,1-4H3/t10-/m0/s1. The molecule has 0 radical (unpaired) electrons. The molecule has 1 rings (SSSR count). The van der Waals surface area contributed by atoms with Gasteiger partial charge in [0.2, 0.25) is 0 Å². The molecule has 0 aliphatic heterocycles. The van der Waals surface area contributed by atoms with Gasteiger partial charge >= 0.3 is 0 Å². The molecule has 0 saturated heterocycles. The van der Waals surface area contributed by atoms with E-state index in [1.165, 1.54) is 0 Å². The highest BCUT2D eigenvalue weighted by Crippen LogP contribution is 2.20. The first-order valence-electron chi connectivity index (χ1n) is 5.49. The molecule has 1 atom stereocenters. The van der Waals surface area contributed by atoms with E-state index in [1.54, 1.807) is 13.1 Å². The van der Waals surface area contributed by atoms with E-state index in [1.807, 2.05) is 13.0 Å². The van der Waals surface area contributed by atoms with Crippen LogP contribution in [0.2, 0.25) is 0 Å². The third-order valence-corrected chi connectivity index (χ3v) is 2.67. The Labute approximate surface area is 91.8 Å². The second-order valence-electron chi connectivity index (χ2n) is 3.75. The predicted molar refractivity (Wildman–Crippen MR) is 63.2 cm³/mol. The molecule has 0 aliphatic carbocycles. The molecule has 3 nitrogen and oxygen atoms in total. The molecule has 1 aromatic heterocycles. The van der Waals surface area contributed by atoms with Crippen LogP contribution in [0.3, 0.4) is 0 Å². The number of aliphatic hydroxyl groups is 1. The summed E-state index contributed by atoms with van der Waals surface area (Å²) in [6.45, 7) is 9.91. The molecule has 1 N–H and O–H groups in total. The predicted octanol–water partition coefficient (Wildman–Crippen LogP) is 2.29. The van der Waals surface area contributed by atoms with Gasteiger partial charge in [-0.15, -0.1) is 0 Å². The highest BCUT2D eigenvalue weighted by Gasteiger charge is 2.09. The van der Waals surface area contributed by atoms with E-state index in [0.717, 1.165) is 30.0 Å². The van der Waals surface area contributed by atoms with Gasteiger partial charge in [-0.3, -0.25) is 0 Å². The van der Waals surface area contributed by atoms with Gasteiger partial charge in [-0.25, -0.2) is 4.98 Å². The van der Waals surface area contributed by atoms with E-state index in [0.29, 0.717) is 0 Å². The maximum absolute atomic E-state index is 9.49. The van der Waals surface area contributed by atoms with Crippen molar-refractivity contribution in [1.29, 1.82) is 0 Å². The third kappa shape index (κ3) is 2.69. The summed E-state index contributed by atoms with van der Waals surface area (Å²) in [5, 5.41) is 9.49. The van der Waals surface area contributed by atoms with Crippen molar-refractivity contribution in [3.63, 3.8) is 0 Å². The summed E-state index contributed by atoms with van der Waals surface area (Å²) in [5.74, 6) is 0.988. The highest BCUT2D eigenvalue weighted by atomic mass is 16.3. The number of rotatable bonds is 4. The normalized spacial score (nSPS) is 12.6. The van der Waals surface area contributed by atoms with Gasteiger partial charge in [0.05, 0.1) is 6.10 Å². The molecule has 1 heterocycles. The van der Waals surface area contributed by atoms with Gasteiger partial charge in [-0.05, 0) is 39.3 Å². The summed E-state index contributed by atoms with van der Waals surface area (Å²) in [5.41, 5.74) is 2.01. The molecule has 15 heavy (non-hydrogen) atoms. The minimum Gasteiger partial charge on any atom is -0.389 e. The first-order valence-corrected chi connectivity index (χ1v) is 5.49. The quantitative estimate of drug-likeness (QED) is 0.824. The Kier molecular flexibility index (Phi) is 4.09. The molecule has 0 amide bonds. The van der Waals surface area contributed by atoms with Crippen molar-refractivity contribution < 1.29 is 5.11 Å². The van der Waals surface area contributed by atoms with Crippen molar-refractivity contribution >= 4 is 5.82 Å². The average molecular weight is 208 g/mol. The number of anilines is 1. The Morgan fingerprint density at radius 3 is 2.40 bits per heavy atom. The van der Waals surface area contributed by atoms with Gasteiger partial charge in [0, 0.05) is 24.8 Å². The lowest BCUT2D eigenvalue weighted by Crippen LogP contribution is -2.23. The number of aliphatic hydroxyl groups excluding tert-OH is 1. The van der Waals surface area contributed by atoms with Gasteiger partial charge in [-0.2, -0.15) is 0 Å². The number of aryl methyl sites for hydroxylation is 1. The highest BCUT2D eigenvalue weighted by molar-refractivity contribution is 5.43. The lowest BCUT2D eigenvalue weighted by Gasteiger charge is -2.21. The first-order chi connectivity index (χ1) is 7.10. The summed E-state index contributed by atoms with van der Waals surface area (Å²) in [6.07, 6.45) is 1.33. The Bertz CT molecular complexity index is 319. The van der Waals surface area contributed by atoms with E-state index in [4.69, 9.17) is 0 Å². The fourth-order valence-electron chi connectivity index (χ4n) is 1.71. The molecule has 84 valence electrons. The number of aromatic nitrogens is 1. The Balaban J connectivity index is 3.00.